The molecular weight excluding hydrogens is 155 g/mol. The first-order valence-corrected chi connectivity index (χ1v) is 3.90. The van der Waals surface area contributed by atoms with E-state index in [2.05, 4.69) is 0 Å². The monoisotopic (exact) mass is 176 g/mol. The van der Waals surface area contributed by atoms with Gasteiger partial charge >= 0.3 is 7.05 Å². The Bertz CT molecular complexity index is 83.5. The molecule has 5 heteroatoms. The smallest absolute Gasteiger partial charge is 0.375 e. The van der Waals surface area contributed by atoms with Crippen molar-refractivity contribution in [2.24, 2.45) is 0 Å². The molecule has 0 radical (unpaired) electrons. The second kappa shape index (κ2) is 9.00. The lowest BCUT2D eigenvalue weighted by atomic mass is 9.87. The van der Waals surface area contributed by atoms with Crippen molar-refractivity contribution in [1.82, 2.24) is 9.71 Å². The van der Waals surface area contributed by atoms with Crippen molar-refractivity contribution in [1.29, 1.82) is 0 Å². The fourth-order valence-corrected chi connectivity index (χ4v) is 0.258. The third-order valence-electron chi connectivity index (χ3n) is 1.13. The Morgan fingerprint density at radius 1 is 1.25 bits per heavy atom. The fraction of sp³-hybridized carbons (Fsp3) is 1.00. The Morgan fingerprint density at radius 2 is 1.58 bits per heavy atom. The molecule has 0 atom stereocenters. The molecule has 0 fully saturated rings. The van der Waals surface area contributed by atoms with Crippen LogP contribution in [0, 0.1) is 0 Å². The summed E-state index contributed by atoms with van der Waals surface area (Å²) >= 11 is 0. The summed E-state index contributed by atoms with van der Waals surface area (Å²) in [5.41, 5.74) is 0. The standard InChI is InChI=1S/C4H11NO.C3H10BNO/c1-5(2)4-6-3;1-4(6)5(2)3/h4H2,1-3H3;6H,1-3H3. The molecule has 0 aromatic heterocycles. The van der Waals surface area contributed by atoms with Crippen molar-refractivity contribution < 1.29 is 9.76 Å². The van der Waals surface area contributed by atoms with E-state index >= 15 is 0 Å². The van der Waals surface area contributed by atoms with E-state index in [1.807, 2.05) is 33.1 Å². The van der Waals surface area contributed by atoms with Gasteiger partial charge in [0.1, 0.15) is 0 Å². The summed E-state index contributed by atoms with van der Waals surface area (Å²) in [5, 5.41) is 8.56. The van der Waals surface area contributed by atoms with Crippen molar-refractivity contribution in [3.63, 3.8) is 0 Å². The van der Waals surface area contributed by atoms with Gasteiger partial charge in [0.25, 0.3) is 0 Å². The molecule has 0 aliphatic rings. The van der Waals surface area contributed by atoms with Gasteiger partial charge in [0.2, 0.25) is 0 Å². The van der Waals surface area contributed by atoms with E-state index in [9.17, 15) is 0 Å². The predicted molar refractivity (Wildman–Crippen MR) is 53.1 cm³/mol. The summed E-state index contributed by atoms with van der Waals surface area (Å²) in [6, 6.07) is 0. The third-order valence-corrected chi connectivity index (χ3v) is 1.13. The summed E-state index contributed by atoms with van der Waals surface area (Å²) in [5.74, 6) is 0. The van der Waals surface area contributed by atoms with Gasteiger partial charge in [-0.15, -0.1) is 0 Å². The van der Waals surface area contributed by atoms with E-state index in [-0.39, 0.29) is 7.05 Å². The van der Waals surface area contributed by atoms with Gasteiger partial charge in [-0.05, 0) is 35.0 Å². The third kappa shape index (κ3) is 16.5. The number of rotatable bonds is 3. The van der Waals surface area contributed by atoms with E-state index in [1.54, 1.807) is 18.7 Å². The highest BCUT2D eigenvalue weighted by Crippen LogP contribution is 1.74. The molecule has 0 amide bonds. The Hall–Kier alpha value is -0.0951. The molecule has 0 aromatic carbocycles. The summed E-state index contributed by atoms with van der Waals surface area (Å²) in [6.45, 7) is 2.43. The van der Waals surface area contributed by atoms with Gasteiger partial charge in [-0.25, -0.2) is 0 Å². The molecule has 0 aromatic rings. The maximum atomic E-state index is 8.56. The molecule has 0 bridgehead atoms. The molecule has 0 unspecified atom stereocenters. The largest absolute Gasteiger partial charge is 0.437 e. The van der Waals surface area contributed by atoms with Crippen molar-refractivity contribution in [2.75, 3.05) is 42.0 Å². The van der Waals surface area contributed by atoms with Crippen LogP contribution in [0.1, 0.15) is 0 Å². The van der Waals surface area contributed by atoms with Crippen LogP contribution >= 0.6 is 0 Å². The van der Waals surface area contributed by atoms with Crippen LogP contribution in [0.4, 0.5) is 0 Å². The van der Waals surface area contributed by atoms with Gasteiger partial charge in [-0.1, -0.05) is 0 Å². The zero-order valence-electron chi connectivity index (χ0n) is 9.03. The molecule has 12 heavy (non-hydrogen) atoms. The highest BCUT2D eigenvalue weighted by Gasteiger charge is 2.01. The molecular formula is C7H21BN2O2. The second-order valence-electron chi connectivity index (χ2n) is 3.09. The van der Waals surface area contributed by atoms with E-state index < -0.39 is 0 Å². The Labute approximate surface area is 76.2 Å². The van der Waals surface area contributed by atoms with Crippen molar-refractivity contribution >= 4 is 7.05 Å². The van der Waals surface area contributed by atoms with Crippen LogP contribution < -0.4 is 0 Å². The highest BCUT2D eigenvalue weighted by atomic mass is 16.5. The van der Waals surface area contributed by atoms with E-state index in [1.165, 1.54) is 0 Å². The first-order chi connectivity index (χ1) is 5.41. The summed E-state index contributed by atoms with van der Waals surface area (Å²) in [4.78, 5) is 3.68. The summed E-state index contributed by atoms with van der Waals surface area (Å²) in [7, 11) is 8.94. The maximum Gasteiger partial charge on any atom is 0.375 e. The Balaban J connectivity index is 0. The van der Waals surface area contributed by atoms with E-state index in [0.29, 0.717) is 6.73 Å². The normalized spacial score (nSPS) is 9.75. The number of ether oxygens (including phenoxy) is 1. The van der Waals surface area contributed by atoms with Gasteiger partial charge in [-0.3, -0.25) is 4.90 Å². The van der Waals surface area contributed by atoms with Crippen LogP contribution in [-0.4, -0.2) is 63.8 Å². The fourth-order valence-electron chi connectivity index (χ4n) is 0.258. The molecule has 0 saturated heterocycles. The Kier molecular flexibility index (Phi) is 10.8. The average Bonchev–Trinajstić information content (AvgIpc) is 1.87. The van der Waals surface area contributed by atoms with Crippen LogP contribution in [0.15, 0.2) is 0 Å². The molecule has 0 heterocycles. The summed E-state index contributed by atoms with van der Waals surface area (Å²) < 4.78 is 4.73. The highest BCUT2D eigenvalue weighted by molar-refractivity contribution is 6.45. The van der Waals surface area contributed by atoms with Gasteiger partial charge < -0.3 is 14.6 Å². The average molecular weight is 176 g/mol. The van der Waals surface area contributed by atoms with Crippen LogP contribution in [-0.2, 0) is 4.74 Å². The molecule has 0 aliphatic carbocycles. The van der Waals surface area contributed by atoms with Gasteiger partial charge in [-0.2, -0.15) is 0 Å². The number of hydrogen-bond acceptors (Lipinski definition) is 4. The lowest BCUT2D eigenvalue weighted by Crippen LogP contribution is -2.28. The first kappa shape index (κ1) is 14.4. The van der Waals surface area contributed by atoms with Gasteiger partial charge in [0.05, 0.1) is 6.73 Å². The minimum absolute atomic E-state index is 0.315. The topological polar surface area (TPSA) is 35.9 Å². The molecule has 4 nitrogen and oxygen atoms in total. The number of nitrogens with zero attached hydrogens (tertiary/aromatic N) is 2. The minimum Gasteiger partial charge on any atom is -0.437 e. The van der Waals surface area contributed by atoms with Crippen LogP contribution in [0.3, 0.4) is 0 Å². The first-order valence-electron chi connectivity index (χ1n) is 3.90. The lowest BCUT2D eigenvalue weighted by Gasteiger charge is -2.06. The van der Waals surface area contributed by atoms with Gasteiger partial charge in [0, 0.05) is 7.11 Å². The van der Waals surface area contributed by atoms with Crippen LogP contribution in [0.25, 0.3) is 0 Å². The molecule has 74 valence electrons. The quantitative estimate of drug-likeness (QED) is 0.477. The second-order valence-corrected chi connectivity index (χ2v) is 3.09. The molecule has 0 saturated carbocycles. The van der Waals surface area contributed by atoms with Crippen molar-refractivity contribution in [3.8, 4) is 0 Å². The van der Waals surface area contributed by atoms with E-state index in [4.69, 9.17) is 9.76 Å². The summed E-state index contributed by atoms with van der Waals surface area (Å²) in [6.07, 6.45) is 0. The SMILES string of the molecule is CB(O)N(C)C.COCN(C)C. The van der Waals surface area contributed by atoms with Gasteiger partial charge in [0.15, 0.2) is 0 Å². The number of hydrogen-bond donors (Lipinski definition) is 1. The molecule has 0 rings (SSSR count). The molecule has 1 N–H and O–H groups in total. The molecule has 0 aliphatic heterocycles. The van der Waals surface area contributed by atoms with E-state index in [0.717, 1.165) is 0 Å². The predicted octanol–water partition coefficient (Wildman–Crippen LogP) is -0.190. The zero-order valence-corrected chi connectivity index (χ0v) is 9.03. The maximum absolute atomic E-state index is 8.56. The Morgan fingerprint density at radius 3 is 1.58 bits per heavy atom. The molecule has 0 spiro atoms. The zero-order chi connectivity index (χ0) is 10.1. The van der Waals surface area contributed by atoms with Crippen molar-refractivity contribution in [2.45, 2.75) is 6.82 Å². The van der Waals surface area contributed by atoms with Crippen LogP contribution in [0.5, 0.6) is 0 Å². The lowest BCUT2D eigenvalue weighted by molar-refractivity contribution is 0.0994. The number of methoxy groups -OCH3 is 1. The van der Waals surface area contributed by atoms with Crippen LogP contribution in [0.2, 0.25) is 6.82 Å². The minimum atomic E-state index is -0.315. The van der Waals surface area contributed by atoms with Crippen molar-refractivity contribution in [3.05, 3.63) is 0 Å².